The molecule has 2 atom stereocenters. The van der Waals surface area contributed by atoms with Crippen LogP contribution < -0.4 is 0 Å². The summed E-state index contributed by atoms with van der Waals surface area (Å²) in [5, 5.41) is 0. The normalized spacial score (nSPS) is 49.6. The van der Waals surface area contributed by atoms with Gasteiger partial charge in [-0.15, -0.1) is 0 Å². The van der Waals surface area contributed by atoms with E-state index < -0.39 is 0 Å². The van der Waals surface area contributed by atoms with Crippen LogP contribution in [0.15, 0.2) is 0 Å². The van der Waals surface area contributed by atoms with Crippen LogP contribution in [0.1, 0.15) is 38.5 Å². The molecule has 0 amide bonds. The largest absolute Gasteiger partial charge is 0.297 e. The van der Waals surface area contributed by atoms with E-state index in [1.807, 2.05) is 0 Å². The molecule has 1 spiro atoms. The molecule has 11 heavy (non-hydrogen) atoms. The van der Waals surface area contributed by atoms with Crippen LogP contribution in [0.4, 0.5) is 0 Å². The Balaban J connectivity index is 1.90. The molecule has 62 valence electrons. The Labute approximate surface area is 68.8 Å². The average molecular weight is 151 g/mol. The van der Waals surface area contributed by atoms with Gasteiger partial charge in [0.1, 0.15) is 0 Å². The molecular weight excluding hydrogens is 134 g/mol. The Hall–Kier alpha value is -0.0400. The van der Waals surface area contributed by atoms with Crippen molar-refractivity contribution in [3.8, 4) is 0 Å². The Morgan fingerprint density at radius 3 is 2.64 bits per heavy atom. The summed E-state index contributed by atoms with van der Waals surface area (Å²) in [6.45, 7) is 2.83. The van der Waals surface area contributed by atoms with Crippen molar-refractivity contribution in [2.75, 3.05) is 13.1 Å². The molecule has 1 aliphatic carbocycles. The maximum atomic E-state index is 2.80. The molecule has 1 nitrogen and oxygen atoms in total. The van der Waals surface area contributed by atoms with Crippen molar-refractivity contribution in [2.24, 2.45) is 5.92 Å². The predicted octanol–water partition coefficient (Wildman–Crippen LogP) is 2.02. The van der Waals surface area contributed by atoms with Gasteiger partial charge in [-0.2, -0.15) is 0 Å². The SMILES string of the molecule is C1CC2CCC23CCCN3C1. The van der Waals surface area contributed by atoms with Gasteiger partial charge in [0.05, 0.1) is 0 Å². The molecule has 0 bridgehead atoms. The smallest absolute Gasteiger partial charge is 0.0238 e. The van der Waals surface area contributed by atoms with Crippen LogP contribution in [0, 0.1) is 5.92 Å². The molecule has 0 aromatic carbocycles. The lowest BCUT2D eigenvalue weighted by Gasteiger charge is -2.56. The van der Waals surface area contributed by atoms with Crippen molar-refractivity contribution in [3.63, 3.8) is 0 Å². The highest BCUT2D eigenvalue weighted by Gasteiger charge is 2.53. The third-order valence-corrected chi connectivity index (χ3v) is 4.33. The molecule has 3 rings (SSSR count). The number of piperidine rings is 1. The van der Waals surface area contributed by atoms with Crippen LogP contribution in [-0.4, -0.2) is 23.5 Å². The maximum Gasteiger partial charge on any atom is 0.0238 e. The first-order chi connectivity index (χ1) is 5.42. The van der Waals surface area contributed by atoms with Gasteiger partial charge in [0.2, 0.25) is 0 Å². The summed E-state index contributed by atoms with van der Waals surface area (Å²) in [5.41, 5.74) is 0.762. The standard InChI is InChI=1S/C10H17N/c1-3-9-4-6-10(9)5-2-8-11(10)7-1/h9H,1-8H2. The zero-order valence-corrected chi connectivity index (χ0v) is 7.18. The van der Waals surface area contributed by atoms with Crippen LogP contribution in [0.2, 0.25) is 0 Å². The van der Waals surface area contributed by atoms with Crippen molar-refractivity contribution in [1.82, 2.24) is 4.90 Å². The van der Waals surface area contributed by atoms with Crippen LogP contribution in [0.25, 0.3) is 0 Å². The first-order valence-corrected chi connectivity index (χ1v) is 5.17. The fraction of sp³-hybridized carbons (Fsp3) is 1.00. The lowest BCUT2D eigenvalue weighted by atomic mass is 9.61. The molecule has 1 saturated carbocycles. The molecule has 0 aromatic rings. The first-order valence-electron chi connectivity index (χ1n) is 5.17. The van der Waals surface area contributed by atoms with E-state index in [4.69, 9.17) is 0 Å². The van der Waals surface area contributed by atoms with Gasteiger partial charge in [0, 0.05) is 5.54 Å². The molecule has 0 radical (unpaired) electrons. The highest BCUT2D eigenvalue weighted by molar-refractivity contribution is 5.09. The third kappa shape index (κ3) is 0.658. The second-order valence-corrected chi connectivity index (χ2v) is 4.57. The van der Waals surface area contributed by atoms with E-state index in [-0.39, 0.29) is 0 Å². The maximum absolute atomic E-state index is 2.80. The molecule has 0 N–H and O–H groups in total. The molecule has 2 saturated heterocycles. The quantitative estimate of drug-likeness (QED) is 0.512. The van der Waals surface area contributed by atoms with Crippen molar-refractivity contribution >= 4 is 0 Å². The Kier molecular flexibility index (Phi) is 1.18. The highest BCUT2D eigenvalue weighted by Crippen LogP contribution is 2.54. The summed E-state index contributed by atoms with van der Waals surface area (Å²) < 4.78 is 0. The van der Waals surface area contributed by atoms with E-state index in [2.05, 4.69) is 4.90 Å². The Morgan fingerprint density at radius 2 is 1.91 bits per heavy atom. The van der Waals surface area contributed by atoms with Gasteiger partial charge in [-0.05, 0) is 57.5 Å². The number of nitrogens with zero attached hydrogens (tertiary/aromatic N) is 1. The van der Waals surface area contributed by atoms with Crippen molar-refractivity contribution in [2.45, 2.75) is 44.1 Å². The number of rotatable bonds is 0. The summed E-state index contributed by atoms with van der Waals surface area (Å²) in [6, 6.07) is 0. The van der Waals surface area contributed by atoms with E-state index in [1.54, 1.807) is 0 Å². The summed E-state index contributed by atoms with van der Waals surface area (Å²) in [4.78, 5) is 2.80. The average Bonchev–Trinajstić information content (AvgIpc) is 2.40. The summed E-state index contributed by atoms with van der Waals surface area (Å²) in [5.74, 6) is 1.11. The van der Waals surface area contributed by atoms with Crippen molar-refractivity contribution in [3.05, 3.63) is 0 Å². The van der Waals surface area contributed by atoms with Crippen molar-refractivity contribution in [1.29, 1.82) is 0 Å². The van der Waals surface area contributed by atoms with Crippen molar-refractivity contribution < 1.29 is 0 Å². The third-order valence-electron chi connectivity index (χ3n) is 4.33. The van der Waals surface area contributed by atoms with Gasteiger partial charge in [0.25, 0.3) is 0 Å². The van der Waals surface area contributed by atoms with E-state index in [0.717, 1.165) is 11.5 Å². The van der Waals surface area contributed by atoms with Crippen LogP contribution in [0.5, 0.6) is 0 Å². The summed E-state index contributed by atoms with van der Waals surface area (Å²) >= 11 is 0. The van der Waals surface area contributed by atoms with Crippen LogP contribution in [-0.2, 0) is 0 Å². The molecule has 1 heteroatoms. The number of hydrogen-bond donors (Lipinski definition) is 0. The van der Waals surface area contributed by atoms with Gasteiger partial charge in [0.15, 0.2) is 0 Å². The Morgan fingerprint density at radius 1 is 1.00 bits per heavy atom. The van der Waals surface area contributed by atoms with Crippen LogP contribution in [0.3, 0.4) is 0 Å². The van der Waals surface area contributed by atoms with E-state index in [0.29, 0.717) is 0 Å². The number of hydrogen-bond acceptors (Lipinski definition) is 1. The fourth-order valence-corrected chi connectivity index (χ4v) is 3.66. The zero-order valence-electron chi connectivity index (χ0n) is 7.18. The molecule has 2 aliphatic heterocycles. The zero-order chi connectivity index (χ0) is 7.31. The lowest BCUT2D eigenvalue weighted by Crippen LogP contribution is -2.59. The van der Waals surface area contributed by atoms with Gasteiger partial charge in [-0.3, -0.25) is 4.90 Å². The van der Waals surface area contributed by atoms with Gasteiger partial charge >= 0.3 is 0 Å². The fourth-order valence-electron chi connectivity index (χ4n) is 3.66. The minimum Gasteiger partial charge on any atom is -0.297 e. The summed E-state index contributed by atoms with van der Waals surface area (Å²) in [6.07, 6.45) is 9.09. The first kappa shape index (κ1) is 6.47. The van der Waals surface area contributed by atoms with Gasteiger partial charge < -0.3 is 0 Å². The Bertz CT molecular complexity index is 178. The minimum atomic E-state index is 0.762. The lowest BCUT2D eigenvalue weighted by molar-refractivity contribution is -0.0480. The molecule has 2 unspecified atom stereocenters. The molecule has 0 aromatic heterocycles. The monoisotopic (exact) mass is 151 g/mol. The van der Waals surface area contributed by atoms with E-state index in [1.165, 1.54) is 51.6 Å². The topological polar surface area (TPSA) is 3.24 Å². The second kappa shape index (κ2) is 2.01. The predicted molar refractivity (Wildman–Crippen MR) is 45.5 cm³/mol. The molecular formula is C10H17N. The van der Waals surface area contributed by atoms with E-state index in [9.17, 15) is 0 Å². The molecule has 3 aliphatic rings. The van der Waals surface area contributed by atoms with Gasteiger partial charge in [-0.1, -0.05) is 0 Å². The van der Waals surface area contributed by atoms with E-state index >= 15 is 0 Å². The molecule has 3 fully saturated rings. The van der Waals surface area contributed by atoms with Crippen LogP contribution >= 0.6 is 0 Å². The highest BCUT2D eigenvalue weighted by atomic mass is 15.2. The van der Waals surface area contributed by atoms with Gasteiger partial charge in [-0.25, -0.2) is 0 Å². The minimum absolute atomic E-state index is 0.762. The molecule has 2 heterocycles. The second-order valence-electron chi connectivity index (χ2n) is 4.57. The summed E-state index contributed by atoms with van der Waals surface area (Å²) in [7, 11) is 0.